The lowest BCUT2D eigenvalue weighted by Crippen LogP contribution is -2.47. The Bertz CT molecular complexity index is 1380. The number of nitrogens with zero attached hydrogens (tertiary/aromatic N) is 1. The van der Waals surface area contributed by atoms with Crippen molar-refractivity contribution in [2.75, 3.05) is 26.3 Å². The molecule has 0 spiro atoms. The minimum Gasteiger partial charge on any atom is -0.478 e. The predicted octanol–water partition coefficient (Wildman–Crippen LogP) is 7.59. The molecule has 39 heavy (non-hydrogen) atoms. The van der Waals surface area contributed by atoms with Crippen molar-refractivity contribution < 1.29 is 27.5 Å². The van der Waals surface area contributed by atoms with Gasteiger partial charge in [-0.2, -0.15) is 0 Å². The third kappa shape index (κ3) is 6.09. The third-order valence-electron chi connectivity index (χ3n) is 7.72. The molecule has 0 bridgehead atoms. The molecular weight excluding hydrogens is 506 g/mol. The molecule has 0 unspecified atom stereocenters. The lowest BCUT2D eigenvalue weighted by Gasteiger charge is -2.39. The van der Waals surface area contributed by atoms with Crippen LogP contribution in [-0.2, 0) is 12.8 Å². The van der Waals surface area contributed by atoms with Gasteiger partial charge in [-0.05, 0) is 107 Å². The van der Waals surface area contributed by atoms with E-state index in [0.29, 0.717) is 37.2 Å². The van der Waals surface area contributed by atoms with Crippen LogP contribution in [0.5, 0.6) is 0 Å². The number of aromatic carboxylic acids is 1. The summed E-state index contributed by atoms with van der Waals surface area (Å²) in [5, 5.41) is 9.52. The minimum absolute atomic E-state index is 0.193. The fourth-order valence-corrected chi connectivity index (χ4v) is 5.86. The van der Waals surface area contributed by atoms with Crippen LogP contribution >= 0.6 is 0 Å². The Morgan fingerprint density at radius 2 is 1.74 bits per heavy atom. The number of alkyl halides is 3. The van der Waals surface area contributed by atoms with Crippen LogP contribution in [-0.4, -0.2) is 42.3 Å². The Balaban J connectivity index is 1.53. The lowest BCUT2D eigenvalue weighted by atomic mass is 9.86. The van der Waals surface area contributed by atoms with Gasteiger partial charge in [0.05, 0.1) is 12.2 Å². The van der Waals surface area contributed by atoms with E-state index >= 15 is 0 Å². The molecule has 1 heterocycles. The second-order valence-electron chi connectivity index (χ2n) is 10.5. The Morgan fingerprint density at radius 3 is 2.44 bits per heavy atom. The highest BCUT2D eigenvalue weighted by Gasteiger charge is 2.27. The van der Waals surface area contributed by atoms with Gasteiger partial charge >= 0.3 is 5.97 Å². The molecule has 3 aromatic rings. The first-order valence-corrected chi connectivity index (χ1v) is 13.4. The van der Waals surface area contributed by atoms with Gasteiger partial charge in [-0.1, -0.05) is 30.3 Å². The predicted molar refractivity (Wildman–Crippen MR) is 144 cm³/mol. The molecule has 0 saturated carbocycles. The van der Waals surface area contributed by atoms with Crippen molar-refractivity contribution in [3.63, 3.8) is 0 Å². The van der Waals surface area contributed by atoms with E-state index in [9.17, 15) is 27.5 Å². The van der Waals surface area contributed by atoms with Gasteiger partial charge in [-0.3, -0.25) is 4.39 Å². The Morgan fingerprint density at radius 1 is 0.974 bits per heavy atom. The van der Waals surface area contributed by atoms with Crippen LogP contribution in [0.2, 0.25) is 0 Å². The molecule has 0 atom stereocenters. The zero-order valence-electron chi connectivity index (χ0n) is 21.6. The quantitative estimate of drug-likeness (QED) is 0.286. The molecule has 1 fully saturated rings. The number of hydrogen-bond donors (Lipinski definition) is 1. The number of allylic oxidation sites excluding steroid dienone is 1. The summed E-state index contributed by atoms with van der Waals surface area (Å²) in [5.41, 5.74) is 5.60. The van der Waals surface area contributed by atoms with Gasteiger partial charge in [-0.25, -0.2) is 18.0 Å². The van der Waals surface area contributed by atoms with E-state index in [0.717, 1.165) is 60.0 Å². The number of hydrogen-bond acceptors (Lipinski definition) is 2. The largest absolute Gasteiger partial charge is 0.478 e. The standard InChI is InChI=1S/C32H31F4NO2/c33-11-2-12-37-18-21(19-37)13-20-5-7-22(8-6-20)30-28(25-15-26(31(35)36)17-27(34)16-25)4-1-3-23-14-24(32(38)39)9-10-29(23)30/h5-10,14-17,21,31H,1-4,11-13,18-19H2,(H,38,39). The average molecular weight is 538 g/mol. The summed E-state index contributed by atoms with van der Waals surface area (Å²) in [6.45, 7) is 2.42. The number of likely N-dealkylation sites (tertiary alicyclic amines) is 1. The molecule has 3 aromatic carbocycles. The Labute approximate surface area is 225 Å². The monoisotopic (exact) mass is 537 g/mol. The van der Waals surface area contributed by atoms with Crippen LogP contribution in [0.3, 0.4) is 0 Å². The number of carbonyl (C=O) groups is 1. The molecule has 0 aromatic heterocycles. The van der Waals surface area contributed by atoms with E-state index in [1.165, 1.54) is 17.7 Å². The van der Waals surface area contributed by atoms with Crippen molar-refractivity contribution in [3.8, 4) is 0 Å². The number of halogens is 4. The SMILES string of the molecule is O=C(O)c1ccc2c(c1)CCCC(c1cc(F)cc(C(F)F)c1)=C2c1ccc(CC2CN(CCCF)C2)cc1. The molecule has 2 aliphatic rings. The molecule has 3 nitrogen and oxygen atoms in total. The summed E-state index contributed by atoms with van der Waals surface area (Å²) in [4.78, 5) is 13.9. The topological polar surface area (TPSA) is 40.5 Å². The minimum atomic E-state index is -2.79. The number of carboxylic acids is 1. The van der Waals surface area contributed by atoms with Crippen LogP contribution in [0.25, 0.3) is 11.1 Å². The maximum Gasteiger partial charge on any atom is 0.335 e. The van der Waals surface area contributed by atoms with E-state index in [2.05, 4.69) is 17.0 Å². The number of benzene rings is 3. The normalized spacial score (nSPS) is 16.2. The van der Waals surface area contributed by atoms with Crippen molar-refractivity contribution in [3.05, 3.63) is 105 Å². The lowest BCUT2D eigenvalue weighted by molar-refractivity contribution is 0.0696. The van der Waals surface area contributed by atoms with Gasteiger partial charge in [0.25, 0.3) is 6.43 Å². The van der Waals surface area contributed by atoms with Gasteiger partial charge in [0.2, 0.25) is 0 Å². The Kier molecular flexibility index (Phi) is 8.17. The zero-order chi connectivity index (χ0) is 27.5. The molecule has 1 aliphatic carbocycles. The van der Waals surface area contributed by atoms with Crippen LogP contribution in [0.1, 0.15) is 69.4 Å². The summed E-state index contributed by atoms with van der Waals surface area (Å²) in [6.07, 6.45) is 0.528. The highest BCUT2D eigenvalue weighted by Crippen LogP contribution is 2.41. The van der Waals surface area contributed by atoms with Crippen molar-refractivity contribution in [2.45, 2.75) is 38.5 Å². The fourth-order valence-electron chi connectivity index (χ4n) is 5.86. The van der Waals surface area contributed by atoms with Crippen LogP contribution in [0.15, 0.2) is 60.7 Å². The maximum absolute atomic E-state index is 14.5. The molecular formula is C32H31F4NO2. The van der Waals surface area contributed by atoms with Gasteiger partial charge in [-0.15, -0.1) is 0 Å². The molecule has 0 amide bonds. The molecule has 5 rings (SSSR count). The Hall–Kier alpha value is -3.45. The van der Waals surface area contributed by atoms with E-state index < -0.39 is 18.2 Å². The van der Waals surface area contributed by atoms with Crippen LogP contribution in [0.4, 0.5) is 17.6 Å². The van der Waals surface area contributed by atoms with E-state index in [1.807, 2.05) is 12.1 Å². The fraction of sp³-hybridized carbons (Fsp3) is 0.344. The first kappa shape index (κ1) is 27.1. The first-order chi connectivity index (χ1) is 18.8. The number of aryl methyl sites for hydroxylation is 1. The molecule has 1 saturated heterocycles. The van der Waals surface area contributed by atoms with Gasteiger partial charge in [0.15, 0.2) is 0 Å². The van der Waals surface area contributed by atoms with E-state index in [-0.39, 0.29) is 17.8 Å². The highest BCUT2D eigenvalue weighted by molar-refractivity contribution is 6.00. The summed E-state index contributed by atoms with van der Waals surface area (Å²) in [7, 11) is 0. The van der Waals surface area contributed by atoms with Crippen molar-refractivity contribution in [2.24, 2.45) is 5.92 Å². The van der Waals surface area contributed by atoms with Crippen LogP contribution in [0, 0.1) is 11.7 Å². The first-order valence-electron chi connectivity index (χ1n) is 13.4. The molecule has 0 radical (unpaired) electrons. The zero-order valence-corrected chi connectivity index (χ0v) is 21.6. The average Bonchev–Trinajstić information content (AvgIpc) is 3.09. The second kappa shape index (κ2) is 11.7. The second-order valence-corrected chi connectivity index (χ2v) is 10.5. The molecule has 204 valence electrons. The summed E-state index contributed by atoms with van der Waals surface area (Å²) < 4.78 is 54.0. The number of carboxylic acid groups (broad SMARTS) is 1. The van der Waals surface area contributed by atoms with Crippen LogP contribution < -0.4 is 0 Å². The number of rotatable bonds is 9. The van der Waals surface area contributed by atoms with Gasteiger partial charge in [0.1, 0.15) is 5.82 Å². The molecule has 1 aliphatic heterocycles. The van der Waals surface area contributed by atoms with Crippen molar-refractivity contribution >= 4 is 17.1 Å². The highest BCUT2D eigenvalue weighted by atomic mass is 19.3. The molecule has 1 N–H and O–H groups in total. The van der Waals surface area contributed by atoms with E-state index in [4.69, 9.17) is 0 Å². The summed E-state index contributed by atoms with van der Waals surface area (Å²) >= 11 is 0. The van der Waals surface area contributed by atoms with Crippen molar-refractivity contribution in [1.29, 1.82) is 0 Å². The van der Waals surface area contributed by atoms with Crippen molar-refractivity contribution in [1.82, 2.24) is 4.90 Å². The number of fused-ring (bicyclic) bond motifs is 1. The molecule has 7 heteroatoms. The smallest absolute Gasteiger partial charge is 0.335 e. The van der Waals surface area contributed by atoms with E-state index in [1.54, 1.807) is 18.2 Å². The summed E-state index contributed by atoms with van der Waals surface area (Å²) in [6, 6.07) is 16.7. The summed E-state index contributed by atoms with van der Waals surface area (Å²) in [5.74, 6) is -1.20. The van der Waals surface area contributed by atoms with Gasteiger partial charge < -0.3 is 10.0 Å². The van der Waals surface area contributed by atoms with Gasteiger partial charge in [0, 0.05) is 25.2 Å². The maximum atomic E-state index is 14.5. The third-order valence-corrected chi connectivity index (χ3v) is 7.72.